The van der Waals surface area contributed by atoms with Crippen molar-refractivity contribution in [2.24, 2.45) is 0 Å². The summed E-state index contributed by atoms with van der Waals surface area (Å²) in [7, 11) is -2.10. The van der Waals surface area contributed by atoms with Crippen LogP contribution in [0.15, 0.2) is 44.0 Å². The minimum absolute atomic E-state index is 0.0316. The largest absolute Gasteiger partial charge is 0.502 e. The highest BCUT2D eigenvalue weighted by atomic mass is 79.9. The molecule has 158 valence electrons. The van der Waals surface area contributed by atoms with Gasteiger partial charge in [-0.15, -0.1) is 0 Å². The topological polar surface area (TPSA) is 103 Å². The molecule has 29 heavy (non-hydrogen) atoms. The van der Waals surface area contributed by atoms with Crippen molar-refractivity contribution in [3.63, 3.8) is 0 Å². The van der Waals surface area contributed by atoms with E-state index in [1.165, 1.54) is 6.07 Å². The first-order valence-corrected chi connectivity index (χ1v) is 12.9. The van der Waals surface area contributed by atoms with E-state index < -0.39 is 36.9 Å². The third-order valence-electron chi connectivity index (χ3n) is 5.31. The van der Waals surface area contributed by atoms with Crippen LogP contribution in [0.2, 0.25) is 18.1 Å². The number of halogens is 1. The van der Waals surface area contributed by atoms with Gasteiger partial charge in [0.1, 0.15) is 11.7 Å². The first kappa shape index (κ1) is 23.3. The van der Waals surface area contributed by atoms with E-state index in [9.17, 15) is 20.0 Å². The SMILES string of the molecule is CC(C)(C)[Si](C)(C)OCc1cc(=O)c(O)c(C(C[N+](=O)[O-])c2ccccc2Br)o1. The molecular weight excluding hydrogens is 458 g/mol. The van der Waals surface area contributed by atoms with Crippen molar-refractivity contribution in [2.45, 2.75) is 51.4 Å². The molecule has 1 unspecified atom stereocenters. The van der Waals surface area contributed by atoms with Crippen LogP contribution >= 0.6 is 15.9 Å². The summed E-state index contributed by atoms with van der Waals surface area (Å²) in [6.07, 6.45) is 0. The molecule has 2 aromatic rings. The number of aromatic hydroxyl groups is 1. The van der Waals surface area contributed by atoms with Crippen molar-refractivity contribution in [3.05, 3.63) is 72.2 Å². The predicted molar refractivity (Wildman–Crippen MR) is 116 cm³/mol. The maximum absolute atomic E-state index is 12.4. The van der Waals surface area contributed by atoms with Gasteiger partial charge in [-0.2, -0.15) is 0 Å². The van der Waals surface area contributed by atoms with E-state index >= 15 is 0 Å². The Morgan fingerprint density at radius 1 is 1.31 bits per heavy atom. The average Bonchev–Trinajstić information content (AvgIpc) is 2.60. The third kappa shape index (κ3) is 5.55. The van der Waals surface area contributed by atoms with Gasteiger partial charge >= 0.3 is 0 Å². The number of hydrogen-bond donors (Lipinski definition) is 1. The van der Waals surface area contributed by atoms with Gasteiger partial charge in [-0.05, 0) is 29.8 Å². The highest BCUT2D eigenvalue weighted by Gasteiger charge is 2.37. The number of hydrogen-bond acceptors (Lipinski definition) is 6. The lowest BCUT2D eigenvalue weighted by Crippen LogP contribution is -2.40. The van der Waals surface area contributed by atoms with Crippen molar-refractivity contribution in [1.29, 1.82) is 0 Å². The van der Waals surface area contributed by atoms with Crippen molar-refractivity contribution >= 4 is 24.2 Å². The second-order valence-electron chi connectivity index (χ2n) is 8.43. The van der Waals surface area contributed by atoms with Crippen LogP contribution in [0.4, 0.5) is 0 Å². The Kier molecular flexibility index (Phi) is 7.08. The van der Waals surface area contributed by atoms with Crippen LogP contribution in [0, 0.1) is 10.1 Å². The number of nitrogens with zero attached hydrogens (tertiary/aromatic N) is 1. The molecule has 1 aromatic carbocycles. The van der Waals surface area contributed by atoms with Crippen LogP contribution in [0.25, 0.3) is 0 Å². The lowest BCUT2D eigenvalue weighted by molar-refractivity contribution is -0.482. The van der Waals surface area contributed by atoms with Gasteiger partial charge in [0.05, 0.1) is 6.61 Å². The Bertz CT molecular complexity index is 951. The molecule has 2 rings (SSSR count). The van der Waals surface area contributed by atoms with Crippen LogP contribution in [-0.2, 0) is 11.0 Å². The zero-order chi connectivity index (χ0) is 22.0. The van der Waals surface area contributed by atoms with E-state index in [0.29, 0.717) is 10.0 Å². The number of rotatable bonds is 7. The molecule has 0 bridgehead atoms. The maximum atomic E-state index is 12.4. The summed E-state index contributed by atoms with van der Waals surface area (Å²) in [6.45, 7) is 9.95. The standard InChI is InChI=1S/C20H26BrNO6Si/c1-20(2,3)29(4,5)27-12-13-10-17(23)18(24)19(28-13)15(11-22(25)26)14-8-6-7-9-16(14)21/h6-10,15,24H,11-12H2,1-5H3. The van der Waals surface area contributed by atoms with Gasteiger partial charge in [0, 0.05) is 15.5 Å². The fraction of sp³-hybridized carbons (Fsp3) is 0.450. The lowest BCUT2D eigenvalue weighted by atomic mass is 9.95. The second-order valence-corrected chi connectivity index (χ2v) is 14.1. The van der Waals surface area contributed by atoms with Crippen LogP contribution in [-0.4, -0.2) is 24.9 Å². The van der Waals surface area contributed by atoms with Gasteiger partial charge in [0.15, 0.2) is 14.1 Å². The zero-order valence-corrected chi connectivity index (χ0v) is 19.8. The lowest BCUT2D eigenvalue weighted by Gasteiger charge is -2.35. The van der Waals surface area contributed by atoms with Crippen LogP contribution < -0.4 is 5.43 Å². The molecule has 0 aliphatic rings. The van der Waals surface area contributed by atoms with E-state index in [1.807, 2.05) is 0 Å². The van der Waals surface area contributed by atoms with Crippen molar-refractivity contribution in [3.8, 4) is 5.75 Å². The Balaban J connectivity index is 2.49. The minimum atomic E-state index is -2.10. The van der Waals surface area contributed by atoms with E-state index in [-0.39, 0.29) is 23.2 Å². The van der Waals surface area contributed by atoms with E-state index in [2.05, 4.69) is 49.8 Å². The molecule has 0 fully saturated rings. The first-order valence-electron chi connectivity index (χ1n) is 9.19. The minimum Gasteiger partial charge on any atom is -0.502 e. The van der Waals surface area contributed by atoms with E-state index in [1.54, 1.807) is 24.3 Å². The quantitative estimate of drug-likeness (QED) is 0.336. The molecule has 1 atom stereocenters. The molecule has 0 saturated carbocycles. The average molecular weight is 484 g/mol. The van der Waals surface area contributed by atoms with Gasteiger partial charge in [-0.1, -0.05) is 54.9 Å². The van der Waals surface area contributed by atoms with Crippen molar-refractivity contribution in [1.82, 2.24) is 0 Å². The smallest absolute Gasteiger partial charge is 0.227 e. The van der Waals surface area contributed by atoms with Gasteiger partial charge in [-0.25, -0.2) is 0 Å². The molecule has 1 N–H and O–H groups in total. The van der Waals surface area contributed by atoms with Gasteiger partial charge in [0.2, 0.25) is 17.7 Å². The third-order valence-corrected chi connectivity index (χ3v) is 10.5. The molecule has 9 heteroatoms. The number of benzene rings is 1. The molecule has 1 heterocycles. The highest BCUT2D eigenvalue weighted by Crippen LogP contribution is 2.38. The summed E-state index contributed by atoms with van der Waals surface area (Å²) >= 11 is 3.38. The molecule has 0 amide bonds. The van der Waals surface area contributed by atoms with Crippen molar-refractivity contribution < 1.29 is 18.9 Å². The van der Waals surface area contributed by atoms with Gasteiger partial charge < -0.3 is 13.9 Å². The summed E-state index contributed by atoms with van der Waals surface area (Å²) < 4.78 is 12.5. The molecular formula is C20H26BrNO6Si. The summed E-state index contributed by atoms with van der Waals surface area (Å²) in [5, 5.41) is 21.6. The van der Waals surface area contributed by atoms with Gasteiger partial charge in [-0.3, -0.25) is 14.9 Å². The fourth-order valence-corrected chi connectivity index (χ4v) is 4.06. The molecule has 7 nitrogen and oxygen atoms in total. The van der Waals surface area contributed by atoms with E-state index in [0.717, 1.165) is 0 Å². The Morgan fingerprint density at radius 2 is 1.93 bits per heavy atom. The Morgan fingerprint density at radius 3 is 2.48 bits per heavy atom. The normalized spacial score (nSPS) is 13.3. The summed E-state index contributed by atoms with van der Waals surface area (Å²) in [4.78, 5) is 23.1. The first-order chi connectivity index (χ1) is 13.3. The summed E-state index contributed by atoms with van der Waals surface area (Å²) in [5.74, 6) is -1.45. The fourth-order valence-electron chi connectivity index (χ4n) is 2.56. The van der Waals surface area contributed by atoms with Crippen LogP contribution in [0.3, 0.4) is 0 Å². The Hall–Kier alpha value is -1.97. The van der Waals surface area contributed by atoms with Crippen molar-refractivity contribution in [2.75, 3.05) is 6.54 Å². The van der Waals surface area contributed by atoms with Crippen LogP contribution in [0.1, 0.15) is 43.8 Å². The number of nitro groups is 1. The summed E-state index contributed by atoms with van der Waals surface area (Å²) in [5.41, 5.74) is -0.106. The maximum Gasteiger partial charge on any atom is 0.227 e. The molecule has 0 radical (unpaired) electrons. The Labute approximate surface area is 179 Å². The molecule has 0 spiro atoms. The van der Waals surface area contributed by atoms with Crippen LogP contribution in [0.5, 0.6) is 5.75 Å². The molecule has 0 saturated heterocycles. The molecule has 1 aromatic heterocycles. The monoisotopic (exact) mass is 483 g/mol. The molecule has 0 aliphatic carbocycles. The van der Waals surface area contributed by atoms with Gasteiger partial charge in [0.25, 0.3) is 0 Å². The highest BCUT2D eigenvalue weighted by molar-refractivity contribution is 9.10. The molecule has 0 aliphatic heterocycles. The second kappa shape index (κ2) is 8.81. The summed E-state index contributed by atoms with van der Waals surface area (Å²) in [6, 6.07) is 8.11. The predicted octanol–water partition coefficient (Wildman–Crippen LogP) is 5.04. The zero-order valence-electron chi connectivity index (χ0n) is 17.2. The van der Waals surface area contributed by atoms with E-state index in [4.69, 9.17) is 8.84 Å².